The van der Waals surface area contributed by atoms with Gasteiger partial charge in [0.2, 0.25) is 0 Å². The first-order chi connectivity index (χ1) is 29.7. The zero-order chi connectivity index (χ0) is 44.6. The van der Waals surface area contributed by atoms with Gasteiger partial charge in [-0.15, -0.1) is 48.3 Å². The molecule has 1 aliphatic heterocycles. The van der Waals surface area contributed by atoms with E-state index < -0.39 is 11.7 Å². The first kappa shape index (κ1) is 44.7. The summed E-state index contributed by atoms with van der Waals surface area (Å²) >= 11 is 0. The fraction of sp³-hybridized carbons (Fsp3) is 0.236. The summed E-state index contributed by atoms with van der Waals surface area (Å²) in [5.74, 6) is 1.41. The minimum Gasteiger partial charge on any atom is -0.509 e. The number of hydrogen-bond acceptors (Lipinski definition) is 4. The zero-order valence-corrected chi connectivity index (χ0v) is 39.7. The van der Waals surface area contributed by atoms with E-state index >= 15 is 0 Å². The Morgan fingerprint density at radius 2 is 1.22 bits per heavy atom. The van der Waals surface area contributed by atoms with E-state index in [1.807, 2.05) is 65.2 Å². The molecule has 0 saturated heterocycles. The molecule has 9 heteroatoms. The molecular weight excluding hydrogens is 985 g/mol. The van der Waals surface area contributed by atoms with E-state index in [2.05, 4.69) is 127 Å². The normalized spacial score (nSPS) is 13.4. The average molecular weight is 1040 g/mol. The van der Waals surface area contributed by atoms with Crippen LogP contribution in [-0.2, 0) is 43.5 Å². The monoisotopic (exact) mass is 1030 g/mol. The maximum absolute atomic E-state index is 14.2. The molecule has 64 heavy (non-hydrogen) atoms. The molecule has 0 N–H and O–H groups in total. The molecule has 330 valence electrons. The molecule has 0 amide bonds. The maximum atomic E-state index is 14.2. The van der Waals surface area contributed by atoms with Crippen LogP contribution in [0.2, 0.25) is 0 Å². The van der Waals surface area contributed by atoms with Gasteiger partial charge in [-0.05, 0) is 98.5 Å². The summed E-state index contributed by atoms with van der Waals surface area (Å²) in [4.78, 5) is 9.16. The Hall–Kier alpha value is -5.85. The molecule has 0 unspecified atom stereocenters. The largest absolute Gasteiger partial charge is 0.509 e. The molecule has 8 aromatic rings. The minimum absolute atomic E-state index is 0. The first-order valence-electron chi connectivity index (χ1n) is 21.3. The predicted octanol–water partition coefficient (Wildman–Crippen LogP) is 15.6. The Morgan fingerprint density at radius 1 is 0.578 bits per heavy atom. The second-order valence-corrected chi connectivity index (χ2v) is 19.5. The number of alkyl halides is 3. The summed E-state index contributed by atoms with van der Waals surface area (Å²) in [5, 5.41) is 1.60. The molecule has 9 rings (SSSR count). The molecule has 5 nitrogen and oxygen atoms in total. The van der Waals surface area contributed by atoms with Crippen LogP contribution in [-0.4, -0.2) is 9.55 Å². The number of anilines is 4. The number of aromatic nitrogens is 2. The van der Waals surface area contributed by atoms with E-state index in [1.54, 1.807) is 18.3 Å². The van der Waals surface area contributed by atoms with Crippen molar-refractivity contribution in [2.45, 2.75) is 84.7 Å². The van der Waals surface area contributed by atoms with Crippen molar-refractivity contribution in [1.82, 2.24) is 9.55 Å². The van der Waals surface area contributed by atoms with Gasteiger partial charge in [0, 0.05) is 61.3 Å². The number of para-hydroxylation sites is 3. The Labute approximate surface area is 388 Å². The van der Waals surface area contributed by atoms with Gasteiger partial charge in [-0.3, -0.25) is 0 Å². The van der Waals surface area contributed by atoms with Gasteiger partial charge in [-0.2, -0.15) is 19.2 Å². The Kier molecular flexibility index (Phi) is 11.4. The summed E-state index contributed by atoms with van der Waals surface area (Å²) in [6, 6.07) is 47.1. The van der Waals surface area contributed by atoms with Crippen molar-refractivity contribution in [2.75, 3.05) is 9.80 Å². The molecule has 0 aliphatic carbocycles. The van der Waals surface area contributed by atoms with E-state index in [9.17, 15) is 13.2 Å². The molecule has 3 heterocycles. The fourth-order valence-corrected chi connectivity index (χ4v) is 8.26. The molecule has 0 fully saturated rings. The first-order valence-corrected chi connectivity index (χ1v) is 21.3. The van der Waals surface area contributed by atoms with Crippen molar-refractivity contribution in [3.63, 3.8) is 0 Å². The van der Waals surface area contributed by atoms with Crippen molar-refractivity contribution >= 4 is 44.6 Å². The van der Waals surface area contributed by atoms with Crippen LogP contribution < -0.4 is 14.5 Å². The number of benzene rings is 6. The number of pyridine rings is 1. The summed E-state index contributed by atoms with van der Waals surface area (Å²) in [6.45, 7) is 22.0. The van der Waals surface area contributed by atoms with Crippen molar-refractivity contribution in [3.05, 3.63) is 175 Å². The number of halogens is 3. The molecule has 0 radical (unpaired) electrons. The third-order valence-corrected chi connectivity index (χ3v) is 11.8. The van der Waals surface area contributed by atoms with Gasteiger partial charge in [0.15, 0.2) is 0 Å². The van der Waals surface area contributed by atoms with Crippen molar-refractivity contribution < 1.29 is 39.0 Å². The van der Waals surface area contributed by atoms with Gasteiger partial charge in [0.1, 0.15) is 5.82 Å². The molecule has 0 saturated carbocycles. The van der Waals surface area contributed by atoms with Crippen LogP contribution in [0.3, 0.4) is 0 Å². The predicted molar refractivity (Wildman–Crippen MR) is 251 cm³/mol. The third-order valence-electron chi connectivity index (χ3n) is 11.8. The molecule has 0 atom stereocenters. The fourth-order valence-electron chi connectivity index (χ4n) is 8.26. The molecule has 0 bridgehead atoms. The van der Waals surface area contributed by atoms with E-state index in [-0.39, 0.29) is 37.3 Å². The van der Waals surface area contributed by atoms with Crippen molar-refractivity contribution in [2.24, 2.45) is 0 Å². The number of hydrogen-bond donors (Lipinski definition) is 0. The Bertz CT molecular complexity index is 3010. The van der Waals surface area contributed by atoms with E-state index in [4.69, 9.17) is 9.72 Å². The van der Waals surface area contributed by atoms with Gasteiger partial charge >= 0.3 is 6.18 Å². The summed E-state index contributed by atoms with van der Waals surface area (Å²) in [7, 11) is 0. The molecule has 1 aliphatic rings. The summed E-state index contributed by atoms with van der Waals surface area (Å²) < 4.78 is 51.4. The average Bonchev–Trinajstić information content (AvgIpc) is 3.79. The SMILES string of the molecule is CC(C)(C)c1cc(N2[CH-]N(c3[c-]c(Oc4[c-]c5c(c(-c6cccc(C(F)(F)F)c6)c4)c4ccccc4n5-c4cc(C(C)(C)C)ccn4)ccc3)c3ccccc32)cc(C(C)(C)C)c1.[Pt]. The summed E-state index contributed by atoms with van der Waals surface area (Å²) in [6.07, 6.45) is -2.73. The molecule has 0 spiro atoms. The van der Waals surface area contributed by atoms with Gasteiger partial charge in [-0.1, -0.05) is 122 Å². The van der Waals surface area contributed by atoms with E-state index in [0.29, 0.717) is 34.0 Å². The topological polar surface area (TPSA) is 33.5 Å². The van der Waals surface area contributed by atoms with Crippen LogP contribution in [0.4, 0.5) is 35.9 Å². The number of rotatable bonds is 6. The smallest absolute Gasteiger partial charge is 0.416 e. The van der Waals surface area contributed by atoms with Crippen LogP contribution >= 0.6 is 0 Å². The number of ether oxygens (including phenoxy) is 1. The van der Waals surface area contributed by atoms with Crippen molar-refractivity contribution in [1.29, 1.82) is 0 Å². The van der Waals surface area contributed by atoms with Gasteiger partial charge in [0.05, 0.1) is 5.56 Å². The maximum Gasteiger partial charge on any atom is 0.416 e. The van der Waals surface area contributed by atoms with E-state index in [1.165, 1.54) is 23.3 Å². The summed E-state index contributed by atoms with van der Waals surface area (Å²) in [5.41, 5.74) is 8.87. The molecular formula is C55H50F3N4OPt-3. The van der Waals surface area contributed by atoms with Crippen LogP contribution in [0.1, 0.15) is 84.6 Å². The van der Waals surface area contributed by atoms with Gasteiger partial charge < -0.3 is 19.1 Å². The van der Waals surface area contributed by atoms with Gasteiger partial charge in [-0.25, -0.2) is 4.98 Å². The van der Waals surface area contributed by atoms with Crippen molar-refractivity contribution in [3.8, 4) is 28.4 Å². The third kappa shape index (κ3) is 8.45. The van der Waals surface area contributed by atoms with Crippen LogP contribution in [0, 0.1) is 18.8 Å². The Balaban J connectivity index is 0.00000560. The standard InChI is InChI=1S/C55H50F3N4O.Pt/c1-52(2,3)36-24-25-59-50(30-36)62-46-21-11-10-20-44(46)51-45(35-16-14-17-37(26-35)55(56,57)58)32-43(33-49(51)62)63-42-19-15-18-40(31-42)60-34-61(48-23-13-12-22-47(48)60)41-28-38(53(4,5)6)27-39(29-41)54(7,8)9;/h10-30,32,34H,1-9H3;/q-3;. The number of fused-ring (bicyclic) bond motifs is 4. The number of nitrogens with zero attached hydrogens (tertiary/aromatic N) is 4. The van der Waals surface area contributed by atoms with Gasteiger partial charge in [0.25, 0.3) is 0 Å². The van der Waals surface area contributed by atoms with Crippen LogP contribution in [0.15, 0.2) is 134 Å². The molecule has 6 aromatic carbocycles. The quantitative estimate of drug-likeness (QED) is 0.155. The zero-order valence-electron chi connectivity index (χ0n) is 37.4. The van der Waals surface area contributed by atoms with Crippen LogP contribution in [0.25, 0.3) is 38.8 Å². The van der Waals surface area contributed by atoms with E-state index in [0.717, 1.165) is 50.7 Å². The minimum atomic E-state index is -4.53. The Morgan fingerprint density at radius 3 is 1.89 bits per heavy atom. The molecule has 2 aromatic heterocycles. The second kappa shape index (κ2) is 16.3. The second-order valence-electron chi connectivity index (χ2n) is 19.5. The van der Waals surface area contributed by atoms with Crippen LogP contribution in [0.5, 0.6) is 11.5 Å².